The van der Waals surface area contributed by atoms with Gasteiger partial charge in [0, 0.05) is 11.4 Å². The lowest BCUT2D eigenvalue weighted by atomic mass is 10.2. The lowest BCUT2D eigenvalue weighted by Crippen LogP contribution is -2.46. The van der Waals surface area contributed by atoms with Gasteiger partial charge < -0.3 is 15.4 Å². The highest BCUT2D eigenvalue weighted by Gasteiger charge is 2.23. The first kappa shape index (κ1) is 21.0. The van der Waals surface area contributed by atoms with Crippen molar-refractivity contribution in [2.45, 2.75) is 46.3 Å². The predicted octanol–water partition coefficient (Wildman–Crippen LogP) is 3.03. The second kappa shape index (κ2) is 8.60. The summed E-state index contributed by atoms with van der Waals surface area (Å²) in [6.07, 6.45) is -0.693. The normalized spacial score (nSPS) is 12.0. The van der Waals surface area contributed by atoms with Crippen LogP contribution in [0.1, 0.15) is 43.9 Å². The second-order valence-corrected chi connectivity index (χ2v) is 7.36. The van der Waals surface area contributed by atoms with Crippen LogP contribution in [0, 0.1) is 6.92 Å². The maximum Gasteiger partial charge on any atom is 0.408 e. The molecule has 0 radical (unpaired) electrons. The molecule has 1 aromatic heterocycles. The number of para-hydroxylation sites is 1. The van der Waals surface area contributed by atoms with E-state index >= 15 is 0 Å². The van der Waals surface area contributed by atoms with Crippen molar-refractivity contribution in [2.75, 3.05) is 10.7 Å². The second-order valence-electron chi connectivity index (χ2n) is 7.36. The summed E-state index contributed by atoms with van der Waals surface area (Å²) < 4.78 is 6.53. The number of hydrogen-bond acceptors (Lipinski definition) is 4. The molecule has 3 N–H and O–H groups in total. The van der Waals surface area contributed by atoms with E-state index in [2.05, 4.69) is 16.1 Å². The summed E-state index contributed by atoms with van der Waals surface area (Å²) in [5.41, 5.74) is 3.54. The van der Waals surface area contributed by atoms with Gasteiger partial charge in [-0.05, 0) is 58.9 Å². The maximum absolute atomic E-state index is 12.6. The molecule has 2 rings (SSSR count). The van der Waals surface area contributed by atoms with Gasteiger partial charge in [0.1, 0.15) is 17.3 Å². The van der Waals surface area contributed by atoms with Crippen molar-refractivity contribution in [3.8, 4) is 0 Å². The number of aromatic nitrogens is 1. The van der Waals surface area contributed by atoms with E-state index in [1.54, 1.807) is 52.0 Å². The summed E-state index contributed by atoms with van der Waals surface area (Å²) in [4.78, 5) is 36.9. The number of benzene rings is 1. The summed E-state index contributed by atoms with van der Waals surface area (Å²) in [5.74, 6) is -0.855. The third kappa shape index (κ3) is 5.87. The summed E-state index contributed by atoms with van der Waals surface area (Å²) in [5, 5.41) is 5.24. The van der Waals surface area contributed by atoms with Crippen molar-refractivity contribution in [3.05, 3.63) is 53.9 Å². The van der Waals surface area contributed by atoms with E-state index in [9.17, 15) is 14.4 Å². The fraction of sp³-hybridized carbons (Fsp3) is 0.350. The number of carbonyl (C=O) groups is 3. The highest BCUT2D eigenvalue weighted by molar-refractivity contribution is 6.04. The first-order chi connectivity index (χ1) is 13.1. The fourth-order valence-corrected chi connectivity index (χ4v) is 2.34. The zero-order valence-corrected chi connectivity index (χ0v) is 16.7. The van der Waals surface area contributed by atoms with Crippen LogP contribution in [-0.4, -0.2) is 34.2 Å². The summed E-state index contributed by atoms with van der Waals surface area (Å²) in [7, 11) is 0. The third-order valence-electron chi connectivity index (χ3n) is 3.69. The number of hydrogen-bond donors (Lipinski definition) is 3. The number of amides is 3. The number of ether oxygens (including phenoxy) is 1. The van der Waals surface area contributed by atoms with Gasteiger partial charge in [-0.1, -0.05) is 18.2 Å². The van der Waals surface area contributed by atoms with Crippen molar-refractivity contribution in [1.29, 1.82) is 0 Å². The minimum atomic E-state index is -0.860. The fourth-order valence-electron chi connectivity index (χ4n) is 2.34. The van der Waals surface area contributed by atoms with Gasteiger partial charge in [-0.2, -0.15) is 0 Å². The van der Waals surface area contributed by atoms with Gasteiger partial charge in [-0.15, -0.1) is 0 Å². The molecule has 0 saturated heterocycles. The van der Waals surface area contributed by atoms with Gasteiger partial charge in [0.15, 0.2) is 0 Å². The zero-order chi connectivity index (χ0) is 20.9. The smallest absolute Gasteiger partial charge is 0.408 e. The Morgan fingerprint density at radius 3 is 2.29 bits per heavy atom. The van der Waals surface area contributed by atoms with Crippen molar-refractivity contribution in [2.24, 2.45) is 0 Å². The highest BCUT2D eigenvalue weighted by Crippen LogP contribution is 2.12. The molecule has 0 saturated carbocycles. The summed E-state index contributed by atoms with van der Waals surface area (Å²) >= 11 is 0. The number of rotatable bonds is 5. The lowest BCUT2D eigenvalue weighted by Gasteiger charge is -2.22. The molecule has 0 aliphatic rings. The van der Waals surface area contributed by atoms with Crippen LogP contribution in [-0.2, 0) is 9.53 Å². The lowest BCUT2D eigenvalue weighted by molar-refractivity contribution is -0.118. The predicted molar refractivity (Wildman–Crippen MR) is 107 cm³/mol. The quantitative estimate of drug-likeness (QED) is 0.735. The van der Waals surface area contributed by atoms with Gasteiger partial charge in [0.2, 0.25) is 0 Å². The summed E-state index contributed by atoms with van der Waals surface area (Å²) in [6.45, 7) is 8.49. The molecule has 3 amide bonds. The first-order valence-electron chi connectivity index (χ1n) is 8.92. The molecule has 8 heteroatoms. The van der Waals surface area contributed by atoms with Gasteiger partial charge >= 0.3 is 6.09 Å². The van der Waals surface area contributed by atoms with Gasteiger partial charge in [-0.3, -0.25) is 19.7 Å². The van der Waals surface area contributed by atoms with E-state index < -0.39 is 23.6 Å². The molecule has 1 atom stereocenters. The molecule has 0 aliphatic carbocycles. The monoisotopic (exact) mass is 386 g/mol. The van der Waals surface area contributed by atoms with E-state index in [4.69, 9.17) is 4.74 Å². The molecule has 0 aliphatic heterocycles. The van der Waals surface area contributed by atoms with Crippen molar-refractivity contribution < 1.29 is 19.1 Å². The minimum Gasteiger partial charge on any atom is -0.444 e. The Kier molecular flexibility index (Phi) is 6.45. The molecule has 0 fully saturated rings. The van der Waals surface area contributed by atoms with Crippen LogP contribution in [0.25, 0.3) is 0 Å². The molecule has 1 unspecified atom stereocenters. The van der Waals surface area contributed by atoms with E-state index in [-0.39, 0.29) is 11.6 Å². The first-order valence-corrected chi connectivity index (χ1v) is 8.92. The van der Waals surface area contributed by atoms with Crippen LogP contribution in [0.15, 0.2) is 42.5 Å². The Bertz CT molecular complexity index is 853. The van der Waals surface area contributed by atoms with Crippen LogP contribution in [0.5, 0.6) is 0 Å². The molecule has 0 bridgehead atoms. The molecule has 2 aromatic rings. The Hall–Kier alpha value is -3.29. The Balaban J connectivity index is 2.05. The molecule has 150 valence electrons. The van der Waals surface area contributed by atoms with Crippen molar-refractivity contribution in [1.82, 2.24) is 9.99 Å². The molecular weight excluding hydrogens is 360 g/mol. The van der Waals surface area contributed by atoms with Crippen molar-refractivity contribution >= 4 is 23.6 Å². The summed E-state index contributed by atoms with van der Waals surface area (Å²) in [6, 6.07) is 11.5. The largest absolute Gasteiger partial charge is 0.444 e. The van der Waals surface area contributed by atoms with Gasteiger partial charge in [0.25, 0.3) is 11.8 Å². The molecule has 1 heterocycles. The van der Waals surface area contributed by atoms with Crippen LogP contribution < -0.4 is 16.1 Å². The van der Waals surface area contributed by atoms with Crippen molar-refractivity contribution in [3.63, 3.8) is 0 Å². The Morgan fingerprint density at radius 2 is 1.68 bits per heavy atom. The molecular formula is C20H26N4O4. The Labute approximate surface area is 164 Å². The zero-order valence-electron chi connectivity index (χ0n) is 16.7. The van der Waals surface area contributed by atoms with E-state index in [1.807, 2.05) is 18.2 Å². The number of aryl methyl sites for hydroxylation is 1. The minimum absolute atomic E-state index is 0.263. The van der Waals surface area contributed by atoms with Gasteiger partial charge in [0.05, 0.1) is 0 Å². The standard InChI is InChI=1S/C20H26N4O4/c1-13-11-12-16(18(26)22-15-9-7-6-8-10-15)24(13)23-17(25)14(2)21-19(27)28-20(3,4)5/h6-12,14H,1-5H3,(H,21,27)(H,22,26)(H,23,25). The van der Waals surface area contributed by atoms with Crippen LogP contribution in [0.3, 0.4) is 0 Å². The molecule has 0 spiro atoms. The molecule has 1 aromatic carbocycles. The average Bonchev–Trinajstić information content (AvgIpc) is 2.94. The average molecular weight is 386 g/mol. The van der Waals surface area contributed by atoms with E-state index in [0.29, 0.717) is 11.4 Å². The topological polar surface area (TPSA) is 101 Å². The van der Waals surface area contributed by atoms with Crippen LogP contribution >= 0.6 is 0 Å². The van der Waals surface area contributed by atoms with Crippen LogP contribution in [0.4, 0.5) is 10.5 Å². The van der Waals surface area contributed by atoms with Crippen LogP contribution in [0.2, 0.25) is 0 Å². The highest BCUT2D eigenvalue weighted by atomic mass is 16.6. The maximum atomic E-state index is 12.6. The SMILES string of the molecule is Cc1ccc(C(=O)Nc2ccccc2)n1NC(=O)C(C)NC(=O)OC(C)(C)C. The molecule has 8 nitrogen and oxygen atoms in total. The number of carbonyl (C=O) groups excluding carboxylic acids is 3. The Morgan fingerprint density at radius 1 is 1.04 bits per heavy atom. The van der Waals surface area contributed by atoms with Gasteiger partial charge in [-0.25, -0.2) is 4.79 Å². The molecule has 28 heavy (non-hydrogen) atoms. The third-order valence-corrected chi connectivity index (χ3v) is 3.69. The number of anilines is 1. The van der Waals surface area contributed by atoms with E-state index in [0.717, 1.165) is 0 Å². The number of nitrogens with one attached hydrogen (secondary N) is 3. The van der Waals surface area contributed by atoms with E-state index in [1.165, 1.54) is 11.6 Å². The number of nitrogens with zero attached hydrogens (tertiary/aromatic N) is 1. The number of alkyl carbamates (subject to hydrolysis) is 1.